The number of hydrazine groups is 1. The summed E-state index contributed by atoms with van der Waals surface area (Å²) >= 11 is 1.28. The molecule has 3 N–H and O–H groups in total. The van der Waals surface area contributed by atoms with Gasteiger partial charge in [-0.1, -0.05) is 60.7 Å². The number of carbonyl (C=O) groups excluding carboxylic acids is 4. The molecule has 4 rings (SSSR count). The predicted octanol–water partition coefficient (Wildman–Crippen LogP) is 1.66. The van der Waals surface area contributed by atoms with Gasteiger partial charge >= 0.3 is 12.1 Å². The number of nitrogens with one attached hydrogen (secondary N) is 2. The summed E-state index contributed by atoms with van der Waals surface area (Å²) in [5.41, 5.74) is 3.39. The summed E-state index contributed by atoms with van der Waals surface area (Å²) in [7, 11) is 0. The van der Waals surface area contributed by atoms with Crippen LogP contribution in [0.1, 0.15) is 31.0 Å². The van der Waals surface area contributed by atoms with Gasteiger partial charge in [0.1, 0.15) is 24.1 Å². The van der Waals surface area contributed by atoms with Crippen LogP contribution < -0.4 is 10.7 Å². The minimum Gasteiger partial charge on any atom is -0.480 e. The van der Waals surface area contributed by atoms with Crippen molar-refractivity contribution in [2.75, 3.05) is 0 Å². The van der Waals surface area contributed by atoms with E-state index in [-0.39, 0.29) is 13.0 Å². The minimum absolute atomic E-state index is 0.0482. The first-order valence-corrected chi connectivity index (χ1v) is 12.3. The van der Waals surface area contributed by atoms with Crippen molar-refractivity contribution in [1.82, 2.24) is 20.7 Å². The molecule has 37 heavy (non-hydrogen) atoms. The fourth-order valence-corrected chi connectivity index (χ4v) is 6.09. The number of carboxylic acids is 1. The SMILES string of the molecule is CC1(C)S[C@@H]2[C@@H](NC(=O)C(c3ccccc3)N(C=O)NC(=O)OCc3ccccc3)C(=O)N2[C@H]1C(=O)O. The van der Waals surface area contributed by atoms with E-state index in [0.29, 0.717) is 5.56 Å². The third-order valence-electron chi connectivity index (χ3n) is 6.16. The summed E-state index contributed by atoms with van der Waals surface area (Å²) in [6.45, 7) is 3.41. The summed E-state index contributed by atoms with van der Waals surface area (Å²) in [6.07, 6.45) is -0.669. The van der Waals surface area contributed by atoms with E-state index in [1.807, 2.05) is 6.07 Å². The van der Waals surface area contributed by atoms with Crippen molar-refractivity contribution in [1.29, 1.82) is 0 Å². The van der Waals surface area contributed by atoms with Gasteiger partial charge < -0.3 is 20.1 Å². The van der Waals surface area contributed by atoms with Crippen LogP contribution in [-0.2, 0) is 30.5 Å². The monoisotopic (exact) mass is 526 g/mol. The van der Waals surface area contributed by atoms with Gasteiger partial charge in [0, 0.05) is 4.75 Å². The van der Waals surface area contributed by atoms with Gasteiger partial charge in [-0.05, 0) is 25.0 Å². The van der Waals surface area contributed by atoms with Crippen LogP contribution >= 0.6 is 11.8 Å². The van der Waals surface area contributed by atoms with Gasteiger partial charge in [-0.25, -0.2) is 20.0 Å². The molecule has 0 bridgehead atoms. The number of nitrogens with zero attached hydrogens (tertiary/aromatic N) is 2. The van der Waals surface area contributed by atoms with E-state index in [4.69, 9.17) is 4.74 Å². The van der Waals surface area contributed by atoms with Crippen LogP contribution in [0.15, 0.2) is 60.7 Å². The highest BCUT2D eigenvalue weighted by atomic mass is 32.2. The number of carbonyl (C=O) groups is 5. The Bertz CT molecular complexity index is 1190. The van der Waals surface area contributed by atoms with Crippen LogP contribution in [0.5, 0.6) is 0 Å². The maximum atomic E-state index is 13.4. The number of hydrogen-bond acceptors (Lipinski definition) is 7. The molecule has 0 radical (unpaired) electrons. The molecule has 11 nitrogen and oxygen atoms in total. The average molecular weight is 527 g/mol. The van der Waals surface area contributed by atoms with Crippen LogP contribution in [0.25, 0.3) is 0 Å². The van der Waals surface area contributed by atoms with Crippen molar-refractivity contribution >= 4 is 42.0 Å². The number of carboxylic acid groups (broad SMARTS) is 1. The zero-order chi connectivity index (χ0) is 26.7. The topological polar surface area (TPSA) is 145 Å². The largest absolute Gasteiger partial charge is 0.480 e. The highest BCUT2D eigenvalue weighted by Gasteiger charge is 2.64. The standard InChI is InChI=1S/C25H26N4O7S/c1-25(2)19(23(33)34)29-21(32)17(22(29)37-25)26-20(31)18(16-11-7-4-8-12-16)28(14-30)27-24(35)36-13-15-9-5-3-6-10-15/h3-12,14,17-19,22H,13H2,1-2H3,(H,26,31)(H,27,35)(H,33,34)/t17-,18?,19-,22+/m0/s1. The van der Waals surface area contributed by atoms with E-state index >= 15 is 0 Å². The molecule has 0 saturated carbocycles. The van der Waals surface area contributed by atoms with E-state index < -0.39 is 52.1 Å². The maximum absolute atomic E-state index is 13.4. The third kappa shape index (κ3) is 5.24. The van der Waals surface area contributed by atoms with Crippen molar-refractivity contribution in [2.24, 2.45) is 0 Å². The molecule has 194 valence electrons. The number of β-lactam (4-membered cyclic amide) rings is 1. The molecular weight excluding hydrogens is 500 g/mol. The second-order valence-electron chi connectivity index (χ2n) is 9.08. The van der Waals surface area contributed by atoms with Gasteiger partial charge in [-0.2, -0.15) is 0 Å². The highest BCUT2D eigenvalue weighted by molar-refractivity contribution is 8.01. The first-order chi connectivity index (χ1) is 17.6. The van der Waals surface area contributed by atoms with Crippen molar-refractivity contribution in [3.63, 3.8) is 0 Å². The highest BCUT2D eigenvalue weighted by Crippen LogP contribution is 2.50. The predicted molar refractivity (Wildman–Crippen MR) is 133 cm³/mol. The average Bonchev–Trinajstić information content (AvgIpc) is 3.14. The molecule has 0 aromatic heterocycles. The molecule has 2 fully saturated rings. The zero-order valence-corrected chi connectivity index (χ0v) is 20.9. The van der Waals surface area contributed by atoms with Crippen molar-refractivity contribution in [3.05, 3.63) is 71.8 Å². The van der Waals surface area contributed by atoms with Crippen LogP contribution in [0.2, 0.25) is 0 Å². The van der Waals surface area contributed by atoms with E-state index in [0.717, 1.165) is 10.6 Å². The lowest BCUT2D eigenvalue weighted by Gasteiger charge is -2.44. The Balaban J connectivity index is 1.49. The fraction of sp³-hybridized carbons (Fsp3) is 0.320. The number of ether oxygens (including phenoxy) is 1. The third-order valence-corrected chi connectivity index (χ3v) is 7.73. The first-order valence-electron chi connectivity index (χ1n) is 11.4. The van der Waals surface area contributed by atoms with Gasteiger partial charge in [-0.3, -0.25) is 14.4 Å². The Morgan fingerprint density at radius 2 is 1.76 bits per heavy atom. The van der Waals surface area contributed by atoms with Gasteiger partial charge in [0.25, 0.3) is 0 Å². The van der Waals surface area contributed by atoms with Crippen molar-refractivity contribution in [2.45, 2.75) is 48.7 Å². The molecule has 4 amide bonds. The molecule has 2 aromatic rings. The molecule has 4 atom stereocenters. The Hall–Kier alpha value is -4.06. The second kappa shape index (κ2) is 10.5. The van der Waals surface area contributed by atoms with E-state index in [2.05, 4.69) is 10.7 Å². The van der Waals surface area contributed by atoms with Crippen molar-refractivity contribution < 1.29 is 33.8 Å². The molecule has 0 spiro atoms. The molecule has 1 unspecified atom stereocenters. The second-order valence-corrected chi connectivity index (χ2v) is 10.9. The molecule has 2 aromatic carbocycles. The molecule has 0 aliphatic carbocycles. The number of fused-ring (bicyclic) bond motifs is 1. The van der Waals surface area contributed by atoms with E-state index in [1.165, 1.54) is 16.7 Å². The quantitative estimate of drug-likeness (QED) is 0.254. The maximum Gasteiger partial charge on any atom is 0.426 e. The Morgan fingerprint density at radius 3 is 2.35 bits per heavy atom. The number of aliphatic carboxylic acids is 1. The summed E-state index contributed by atoms with van der Waals surface area (Å²) in [6, 6.07) is 13.8. The smallest absolute Gasteiger partial charge is 0.426 e. The lowest BCUT2D eigenvalue weighted by Crippen LogP contribution is -2.71. The van der Waals surface area contributed by atoms with Crippen LogP contribution in [-0.4, -0.2) is 67.5 Å². The minimum atomic E-state index is -1.32. The Kier molecular flexibility index (Phi) is 7.39. The summed E-state index contributed by atoms with van der Waals surface area (Å²) in [4.78, 5) is 63.7. The van der Waals surface area contributed by atoms with Crippen LogP contribution in [0.4, 0.5) is 4.79 Å². The molecule has 2 heterocycles. The van der Waals surface area contributed by atoms with E-state index in [9.17, 15) is 29.1 Å². The summed E-state index contributed by atoms with van der Waals surface area (Å²) in [5.74, 6) is -2.37. The van der Waals surface area contributed by atoms with Crippen molar-refractivity contribution in [3.8, 4) is 0 Å². The van der Waals surface area contributed by atoms with E-state index in [1.54, 1.807) is 68.4 Å². The number of thioether (sulfide) groups is 1. The summed E-state index contributed by atoms with van der Waals surface area (Å²) < 4.78 is 4.41. The normalized spacial score (nSPS) is 22.2. The van der Waals surface area contributed by atoms with Gasteiger partial charge in [-0.15, -0.1) is 11.8 Å². The van der Waals surface area contributed by atoms with Crippen LogP contribution in [0, 0.1) is 0 Å². The lowest BCUT2D eigenvalue weighted by molar-refractivity contribution is -0.161. The molecule has 2 aliphatic rings. The Morgan fingerprint density at radius 1 is 1.14 bits per heavy atom. The molecular formula is C25H26N4O7S. The number of benzene rings is 2. The fourth-order valence-electron chi connectivity index (χ4n) is 4.46. The Labute approximate surface area is 217 Å². The number of hydrogen-bond donors (Lipinski definition) is 3. The van der Waals surface area contributed by atoms with Gasteiger partial charge in [0.05, 0.1) is 0 Å². The van der Waals surface area contributed by atoms with Gasteiger partial charge in [0.2, 0.25) is 18.2 Å². The molecule has 2 saturated heterocycles. The number of amides is 4. The number of rotatable bonds is 9. The van der Waals surface area contributed by atoms with Gasteiger partial charge in [0.15, 0.2) is 6.04 Å². The lowest BCUT2D eigenvalue weighted by atomic mass is 9.95. The molecule has 2 aliphatic heterocycles. The zero-order valence-electron chi connectivity index (χ0n) is 20.1. The summed E-state index contributed by atoms with van der Waals surface area (Å²) in [5, 5.41) is 12.4. The first kappa shape index (κ1) is 26.0. The van der Waals surface area contributed by atoms with Crippen LogP contribution in [0.3, 0.4) is 0 Å². The molecule has 12 heteroatoms.